The third-order valence-electron chi connectivity index (χ3n) is 2.84. The number of hydrogen-bond donors (Lipinski definition) is 1. The first-order chi connectivity index (χ1) is 8.99. The second-order valence-corrected chi connectivity index (χ2v) is 5.43. The average molecular weight is 319 g/mol. The summed E-state index contributed by atoms with van der Waals surface area (Å²) in [6, 6.07) is 4.79. The van der Waals surface area contributed by atoms with E-state index in [0.717, 1.165) is 0 Å². The molecule has 0 bridgehead atoms. The van der Waals surface area contributed by atoms with E-state index in [-0.39, 0.29) is 10.9 Å². The van der Waals surface area contributed by atoms with E-state index in [1.807, 2.05) is 0 Å². The molecular weight excluding hydrogens is 307 g/mol. The second-order valence-electron chi connectivity index (χ2n) is 4.14. The van der Waals surface area contributed by atoms with E-state index >= 15 is 0 Å². The molecule has 19 heavy (non-hydrogen) atoms. The molecule has 0 spiro atoms. The summed E-state index contributed by atoms with van der Waals surface area (Å²) in [5, 5.41) is 0.771. The summed E-state index contributed by atoms with van der Waals surface area (Å²) in [4.78, 5) is 14.2. The number of nitrogens with two attached hydrogens (primary N) is 1. The van der Waals surface area contributed by atoms with E-state index in [0.29, 0.717) is 35.3 Å². The maximum absolute atomic E-state index is 12.3. The number of thiocarbonyl (C=S) groups is 1. The van der Waals surface area contributed by atoms with Gasteiger partial charge in [-0.05, 0) is 18.2 Å². The number of rotatable bonds is 2. The molecule has 1 unspecified atom stereocenters. The van der Waals surface area contributed by atoms with Crippen LogP contribution in [0.1, 0.15) is 10.4 Å². The van der Waals surface area contributed by atoms with Gasteiger partial charge in [0.25, 0.3) is 5.91 Å². The van der Waals surface area contributed by atoms with Gasteiger partial charge in [-0.2, -0.15) is 0 Å². The number of hydrogen-bond acceptors (Lipinski definition) is 3. The van der Waals surface area contributed by atoms with Crippen LogP contribution in [0.3, 0.4) is 0 Å². The Morgan fingerprint density at radius 1 is 1.42 bits per heavy atom. The van der Waals surface area contributed by atoms with Crippen molar-refractivity contribution >= 4 is 46.3 Å². The highest BCUT2D eigenvalue weighted by Crippen LogP contribution is 2.23. The maximum atomic E-state index is 12.3. The van der Waals surface area contributed by atoms with E-state index in [1.54, 1.807) is 23.1 Å². The van der Waals surface area contributed by atoms with Crippen molar-refractivity contribution in [3.8, 4) is 0 Å². The van der Waals surface area contributed by atoms with E-state index < -0.39 is 6.10 Å². The predicted molar refractivity (Wildman–Crippen MR) is 78.9 cm³/mol. The summed E-state index contributed by atoms with van der Waals surface area (Å²) in [7, 11) is 0. The molecule has 1 aromatic carbocycles. The topological polar surface area (TPSA) is 55.6 Å². The molecule has 0 saturated carbocycles. The van der Waals surface area contributed by atoms with Gasteiger partial charge in [0.05, 0.1) is 23.2 Å². The summed E-state index contributed by atoms with van der Waals surface area (Å²) in [6.07, 6.45) is -0.393. The van der Waals surface area contributed by atoms with Crippen molar-refractivity contribution in [2.24, 2.45) is 5.73 Å². The first kappa shape index (κ1) is 14.5. The van der Waals surface area contributed by atoms with Crippen molar-refractivity contribution < 1.29 is 9.53 Å². The largest absolute Gasteiger partial charge is 0.391 e. The van der Waals surface area contributed by atoms with Crippen molar-refractivity contribution in [3.63, 3.8) is 0 Å². The molecule has 1 aliphatic heterocycles. The Bertz CT molecular complexity index is 524. The summed E-state index contributed by atoms with van der Waals surface area (Å²) in [5.41, 5.74) is 6.03. The van der Waals surface area contributed by atoms with Crippen LogP contribution < -0.4 is 5.73 Å². The molecule has 1 heterocycles. The monoisotopic (exact) mass is 318 g/mol. The quantitative estimate of drug-likeness (QED) is 0.849. The highest BCUT2D eigenvalue weighted by Gasteiger charge is 2.26. The molecule has 1 amide bonds. The van der Waals surface area contributed by atoms with Crippen LogP contribution in [0.15, 0.2) is 18.2 Å². The molecule has 0 aliphatic carbocycles. The number of amides is 1. The molecule has 0 aromatic heterocycles. The van der Waals surface area contributed by atoms with Crippen molar-refractivity contribution in [1.82, 2.24) is 4.90 Å². The Balaban J connectivity index is 2.14. The van der Waals surface area contributed by atoms with E-state index in [4.69, 9.17) is 45.9 Å². The van der Waals surface area contributed by atoms with Gasteiger partial charge in [-0.3, -0.25) is 4.79 Å². The molecule has 1 saturated heterocycles. The van der Waals surface area contributed by atoms with Crippen LogP contribution >= 0.6 is 35.4 Å². The number of ether oxygens (including phenoxy) is 1. The highest BCUT2D eigenvalue weighted by atomic mass is 35.5. The van der Waals surface area contributed by atoms with E-state index in [9.17, 15) is 4.79 Å². The normalized spacial score (nSPS) is 19.3. The third kappa shape index (κ3) is 3.36. The van der Waals surface area contributed by atoms with E-state index in [1.165, 1.54) is 0 Å². The molecule has 1 aliphatic rings. The number of carbonyl (C=O) groups is 1. The summed E-state index contributed by atoms with van der Waals surface area (Å²) < 4.78 is 5.39. The van der Waals surface area contributed by atoms with Gasteiger partial charge in [0.15, 0.2) is 0 Å². The van der Waals surface area contributed by atoms with Gasteiger partial charge in [-0.15, -0.1) is 0 Å². The minimum absolute atomic E-state index is 0.136. The van der Waals surface area contributed by atoms with Crippen molar-refractivity contribution in [2.75, 3.05) is 19.7 Å². The Kier molecular flexibility index (Phi) is 4.62. The number of benzene rings is 1. The fourth-order valence-corrected chi connectivity index (χ4v) is 2.26. The molecular formula is C12H12Cl2N2O2S. The van der Waals surface area contributed by atoms with Crippen LogP contribution in [-0.2, 0) is 4.74 Å². The van der Waals surface area contributed by atoms with Crippen LogP contribution in [0.25, 0.3) is 0 Å². The lowest BCUT2D eigenvalue weighted by Crippen LogP contribution is -2.49. The Hall–Kier alpha value is -0.880. The zero-order valence-corrected chi connectivity index (χ0v) is 12.3. The molecule has 1 fully saturated rings. The lowest BCUT2D eigenvalue weighted by Gasteiger charge is -2.32. The van der Waals surface area contributed by atoms with Crippen LogP contribution in [0.2, 0.25) is 10.0 Å². The van der Waals surface area contributed by atoms with Gasteiger partial charge in [0, 0.05) is 12.1 Å². The smallest absolute Gasteiger partial charge is 0.254 e. The van der Waals surface area contributed by atoms with Gasteiger partial charge in [0.2, 0.25) is 0 Å². The van der Waals surface area contributed by atoms with Gasteiger partial charge in [-0.25, -0.2) is 0 Å². The number of carbonyl (C=O) groups excluding carboxylic acids is 1. The fourth-order valence-electron chi connectivity index (χ4n) is 1.82. The van der Waals surface area contributed by atoms with Crippen LogP contribution in [0.4, 0.5) is 0 Å². The molecule has 4 nitrogen and oxygen atoms in total. The fraction of sp³-hybridized carbons (Fsp3) is 0.333. The summed E-state index contributed by atoms with van der Waals surface area (Å²) in [6.45, 7) is 1.27. The van der Waals surface area contributed by atoms with Gasteiger partial charge >= 0.3 is 0 Å². The Labute approximate surface area is 126 Å². The predicted octanol–water partition coefficient (Wildman–Crippen LogP) is 2.12. The van der Waals surface area contributed by atoms with Crippen LogP contribution in [0.5, 0.6) is 0 Å². The molecule has 2 N–H and O–H groups in total. The molecule has 7 heteroatoms. The van der Waals surface area contributed by atoms with Crippen LogP contribution in [0, 0.1) is 0 Å². The molecule has 1 atom stereocenters. The minimum atomic E-state index is -0.393. The van der Waals surface area contributed by atoms with Crippen molar-refractivity contribution in [3.05, 3.63) is 33.8 Å². The SMILES string of the molecule is NC(=S)C1CN(C(=O)c2ccc(Cl)c(Cl)c2)CCO1. The first-order valence-corrected chi connectivity index (χ1v) is 6.80. The molecule has 0 radical (unpaired) electrons. The zero-order valence-electron chi connectivity index (χ0n) is 9.94. The number of morpholine rings is 1. The second kappa shape index (κ2) is 6.05. The molecule has 1 aromatic rings. The minimum Gasteiger partial charge on any atom is -0.391 e. The molecule has 102 valence electrons. The average Bonchev–Trinajstić information content (AvgIpc) is 2.41. The van der Waals surface area contributed by atoms with Gasteiger partial charge in [-0.1, -0.05) is 35.4 Å². The number of halogens is 2. The Morgan fingerprint density at radius 2 is 2.16 bits per heavy atom. The van der Waals surface area contributed by atoms with Crippen molar-refractivity contribution in [1.29, 1.82) is 0 Å². The highest BCUT2D eigenvalue weighted by molar-refractivity contribution is 7.80. The summed E-state index contributed by atoms with van der Waals surface area (Å²) >= 11 is 16.6. The standard InChI is InChI=1S/C12H12Cl2N2O2S/c13-8-2-1-7(5-9(8)14)12(17)16-3-4-18-10(6-16)11(15)19/h1-2,5,10H,3-4,6H2,(H2,15,19). The maximum Gasteiger partial charge on any atom is 0.254 e. The first-order valence-electron chi connectivity index (χ1n) is 5.64. The lowest BCUT2D eigenvalue weighted by atomic mass is 10.1. The van der Waals surface area contributed by atoms with Gasteiger partial charge < -0.3 is 15.4 Å². The van der Waals surface area contributed by atoms with Crippen LogP contribution in [-0.4, -0.2) is 41.6 Å². The lowest BCUT2D eigenvalue weighted by molar-refractivity contribution is 0.00879. The number of nitrogens with zero attached hydrogens (tertiary/aromatic N) is 1. The summed E-state index contributed by atoms with van der Waals surface area (Å²) in [5.74, 6) is -0.136. The zero-order chi connectivity index (χ0) is 14.0. The third-order valence-corrected chi connectivity index (χ3v) is 3.84. The van der Waals surface area contributed by atoms with E-state index in [2.05, 4.69) is 0 Å². The van der Waals surface area contributed by atoms with Gasteiger partial charge in [0.1, 0.15) is 11.1 Å². The Morgan fingerprint density at radius 3 is 2.79 bits per heavy atom. The van der Waals surface area contributed by atoms with Crippen molar-refractivity contribution in [2.45, 2.75) is 6.10 Å². The molecule has 2 rings (SSSR count).